The number of hydrogen-bond acceptors (Lipinski definition) is 6. The predicted octanol–water partition coefficient (Wildman–Crippen LogP) is 11.6. The summed E-state index contributed by atoms with van der Waals surface area (Å²) in [6.45, 7) is 7.72. The highest BCUT2D eigenvalue weighted by molar-refractivity contribution is 8.26. The van der Waals surface area contributed by atoms with Crippen molar-refractivity contribution in [1.82, 2.24) is 19.9 Å². The van der Waals surface area contributed by atoms with Gasteiger partial charge in [0.15, 0.2) is 4.30 Å². The molecule has 0 aliphatic rings. The normalized spacial score (nSPS) is 11.9. The molecule has 13 heteroatoms. The van der Waals surface area contributed by atoms with Crippen LogP contribution in [0.5, 0.6) is 0 Å². The Hall–Kier alpha value is -2.59. The molecule has 2 heterocycles. The van der Waals surface area contributed by atoms with E-state index < -0.39 is 19.6 Å². The van der Waals surface area contributed by atoms with Crippen molar-refractivity contribution < 1.29 is 9.32 Å². The van der Waals surface area contributed by atoms with Crippen LogP contribution in [0.3, 0.4) is 0 Å². The first-order valence-electron chi connectivity index (χ1n) is 14.4. The zero-order chi connectivity index (χ0) is 35.4. The van der Waals surface area contributed by atoms with Crippen LogP contribution in [0.4, 0.5) is 0 Å². The summed E-state index contributed by atoms with van der Waals surface area (Å²) in [5.41, 5.74) is 10.8. The van der Waals surface area contributed by atoms with Gasteiger partial charge >= 0.3 is 0 Å². The fourth-order valence-electron chi connectivity index (χ4n) is 4.65. The van der Waals surface area contributed by atoms with E-state index in [-0.39, 0.29) is 5.38 Å². The van der Waals surface area contributed by atoms with Gasteiger partial charge in [-0.05, 0) is 51.0 Å². The molecule has 1 N–H and O–H groups in total. The summed E-state index contributed by atoms with van der Waals surface area (Å²) in [5, 5.41) is 9.81. The maximum atomic E-state index is 9.99. The second-order valence-corrected chi connectivity index (χ2v) is 15.4. The van der Waals surface area contributed by atoms with Gasteiger partial charge < -0.3 is 5.11 Å². The third-order valence-electron chi connectivity index (χ3n) is 6.71. The highest BCUT2D eigenvalue weighted by Crippen LogP contribution is 2.31. The van der Waals surface area contributed by atoms with Gasteiger partial charge in [-0.2, -0.15) is 0 Å². The maximum Gasteiger partial charge on any atom is 0.211 e. The minimum atomic E-state index is -1.67. The summed E-state index contributed by atoms with van der Waals surface area (Å²) in [5.74, 6) is 0. The molecule has 6 rings (SSSR count). The van der Waals surface area contributed by atoms with Gasteiger partial charge in [-0.1, -0.05) is 120 Å². The number of halogens is 6. The lowest BCUT2D eigenvalue weighted by molar-refractivity contribution is 0.195. The van der Waals surface area contributed by atoms with E-state index in [1.165, 1.54) is 0 Å². The first kappa shape index (κ1) is 39.8. The molecule has 2 unspecified atom stereocenters. The Bertz CT molecular complexity index is 1810. The number of alkyl halides is 4. The van der Waals surface area contributed by atoms with Crippen molar-refractivity contribution >= 4 is 99.1 Å². The standard InChI is InChI=1S/C17H15ClN2.C17H16N2O.CHCl3.Cl2OS/c1-11-7-6-10-14-15(11)20-17(16(19-14)12(2)18)13-8-4-3-5-9-13;1-11-7-6-10-14-15(11)19-17(16(18-14)12(2)20)13-8-4-3-5-9-13;2-1(3)4;1-4(2)3/h3-10,12H,1-2H3;3-10,12,20H,1-2H3;1H;. The monoisotopic (exact) mass is 782 g/mol. The van der Waals surface area contributed by atoms with Crippen molar-refractivity contribution in [3.63, 3.8) is 0 Å². The summed E-state index contributed by atoms with van der Waals surface area (Å²) < 4.78 is 8.34. The number of hydrogen-bond donors (Lipinski definition) is 1. The second kappa shape index (κ2) is 19.6. The van der Waals surface area contributed by atoms with Crippen LogP contribution >= 0.6 is 67.8 Å². The topological polar surface area (TPSA) is 88.9 Å². The van der Waals surface area contributed by atoms with E-state index >= 15 is 0 Å². The molecule has 48 heavy (non-hydrogen) atoms. The van der Waals surface area contributed by atoms with Crippen molar-refractivity contribution in [3.8, 4) is 22.5 Å². The highest BCUT2D eigenvalue weighted by atomic mass is 36.0. The molecular weight excluding hydrogens is 753 g/mol. The number of aryl methyl sites for hydroxylation is 2. The number of aromatic nitrogens is 4. The van der Waals surface area contributed by atoms with Crippen LogP contribution in [0.15, 0.2) is 97.1 Å². The second-order valence-electron chi connectivity index (χ2n) is 10.3. The first-order valence-corrected chi connectivity index (χ1v) is 19.0. The van der Waals surface area contributed by atoms with Gasteiger partial charge in [0.1, 0.15) is 0 Å². The summed E-state index contributed by atoms with van der Waals surface area (Å²) in [6, 6.07) is 31.9. The number of nitrogens with zero attached hydrogens (tertiary/aromatic N) is 4. The van der Waals surface area contributed by atoms with Crippen molar-refractivity contribution in [2.24, 2.45) is 0 Å². The van der Waals surface area contributed by atoms with Crippen LogP contribution in [0.2, 0.25) is 0 Å². The minimum absolute atomic E-state index is 0.178. The van der Waals surface area contributed by atoms with E-state index in [1.54, 1.807) is 6.92 Å². The molecule has 0 amide bonds. The molecule has 0 saturated carbocycles. The number of fused-ring (bicyclic) bond motifs is 2. The molecular formula is C35H32Cl6N4O2S. The average Bonchev–Trinajstić information content (AvgIpc) is 3.05. The molecule has 2 atom stereocenters. The molecule has 0 radical (unpaired) electrons. The first-order chi connectivity index (χ1) is 22.8. The van der Waals surface area contributed by atoms with Crippen molar-refractivity contribution in [2.75, 3.05) is 0 Å². The van der Waals surface area contributed by atoms with Crippen LogP contribution in [0, 0.1) is 13.8 Å². The van der Waals surface area contributed by atoms with Crippen LogP contribution in [-0.2, 0) is 9.23 Å². The summed E-state index contributed by atoms with van der Waals surface area (Å²) in [4.78, 5) is 18.9. The number of para-hydroxylation sites is 2. The lowest BCUT2D eigenvalue weighted by Gasteiger charge is -2.13. The van der Waals surface area contributed by atoms with Gasteiger partial charge in [-0.25, -0.2) is 24.1 Å². The van der Waals surface area contributed by atoms with Crippen LogP contribution in [-0.4, -0.2) is 33.5 Å². The Morgan fingerprint density at radius 3 is 1.29 bits per heavy atom. The van der Waals surface area contributed by atoms with Crippen LogP contribution in [0.25, 0.3) is 44.6 Å². The molecule has 6 nitrogen and oxygen atoms in total. The van der Waals surface area contributed by atoms with Gasteiger partial charge in [0.05, 0.1) is 56.3 Å². The highest BCUT2D eigenvalue weighted by Gasteiger charge is 2.17. The Morgan fingerprint density at radius 2 is 0.938 bits per heavy atom. The van der Waals surface area contributed by atoms with Crippen molar-refractivity contribution in [1.29, 1.82) is 0 Å². The average molecular weight is 785 g/mol. The van der Waals surface area contributed by atoms with E-state index in [4.69, 9.17) is 65.6 Å². The molecule has 4 aromatic carbocycles. The van der Waals surface area contributed by atoms with E-state index in [2.05, 4.69) is 39.3 Å². The fraction of sp³-hybridized carbons (Fsp3) is 0.200. The number of benzene rings is 4. The Labute approximate surface area is 311 Å². The largest absolute Gasteiger partial charge is 0.387 e. The molecule has 0 aliphatic carbocycles. The number of rotatable bonds is 4. The molecule has 0 saturated heterocycles. The quantitative estimate of drug-likeness (QED) is 0.141. The predicted molar refractivity (Wildman–Crippen MR) is 206 cm³/mol. The van der Waals surface area contributed by atoms with Crippen molar-refractivity contribution in [2.45, 2.75) is 43.5 Å². The third-order valence-corrected chi connectivity index (χ3v) is 6.92. The molecule has 0 bridgehead atoms. The Morgan fingerprint density at radius 1 is 0.583 bits per heavy atom. The molecule has 6 aromatic rings. The lowest BCUT2D eigenvalue weighted by atomic mass is 10.1. The maximum absolute atomic E-state index is 9.99. The molecule has 0 spiro atoms. The van der Waals surface area contributed by atoms with E-state index in [0.717, 1.165) is 61.4 Å². The Kier molecular flexibility index (Phi) is 16.2. The minimum Gasteiger partial charge on any atom is -0.387 e. The zero-order valence-electron chi connectivity index (χ0n) is 26.3. The van der Waals surface area contributed by atoms with Gasteiger partial charge in [-0.15, -0.1) is 11.6 Å². The number of aliphatic hydroxyl groups is 1. The van der Waals surface area contributed by atoms with Gasteiger partial charge in [-0.3, -0.25) is 0 Å². The Balaban J connectivity index is 0.000000213. The zero-order valence-corrected chi connectivity index (χ0v) is 31.6. The van der Waals surface area contributed by atoms with Crippen LogP contribution < -0.4 is 0 Å². The van der Waals surface area contributed by atoms with Gasteiger partial charge in [0, 0.05) is 32.5 Å². The molecule has 0 fully saturated rings. The van der Waals surface area contributed by atoms with E-state index in [1.807, 2.05) is 105 Å². The van der Waals surface area contributed by atoms with Gasteiger partial charge in [0.25, 0.3) is 0 Å². The molecule has 0 aliphatic heterocycles. The summed E-state index contributed by atoms with van der Waals surface area (Å²) >= 11 is 20.7. The van der Waals surface area contributed by atoms with Gasteiger partial charge in [0.2, 0.25) is 9.23 Å². The summed E-state index contributed by atoms with van der Waals surface area (Å²) in [7, 11) is 7.36. The van der Waals surface area contributed by atoms with E-state index in [0.29, 0.717) is 5.69 Å². The van der Waals surface area contributed by atoms with E-state index in [9.17, 15) is 5.11 Å². The smallest absolute Gasteiger partial charge is 0.211 e. The summed E-state index contributed by atoms with van der Waals surface area (Å²) in [6.07, 6.45) is -0.650. The lowest BCUT2D eigenvalue weighted by Crippen LogP contribution is -2.03. The third kappa shape index (κ3) is 11.8. The molecule has 2 aromatic heterocycles. The SMILES string of the molecule is Cc1cccc2nc(C(C)Cl)c(-c3ccccc3)nc12.Cc1cccc2nc(C(C)O)c(-c3ccccc3)nc12.ClC(Cl)Cl.O=S(Cl)Cl. The molecule has 252 valence electrons. The van der Waals surface area contributed by atoms with Crippen LogP contribution in [0.1, 0.15) is 47.8 Å². The van der Waals surface area contributed by atoms with Crippen molar-refractivity contribution in [3.05, 3.63) is 120 Å². The number of aliphatic hydroxyl groups excluding tert-OH is 1. The fourth-order valence-corrected chi connectivity index (χ4v) is 4.80.